The van der Waals surface area contributed by atoms with Crippen molar-refractivity contribution in [2.24, 2.45) is 0 Å². The van der Waals surface area contributed by atoms with E-state index in [0.29, 0.717) is 12.0 Å². The molecule has 0 amide bonds. The SMILES string of the molecule is CN1C[C@](Br)(COS(C)(=O)=O)C[C@@H]2c3cccc4[nH]cc(c34)C[C@H]21. The van der Waals surface area contributed by atoms with Crippen molar-refractivity contribution < 1.29 is 12.6 Å². The molecule has 5 nitrogen and oxygen atoms in total. The second-order valence-corrected chi connectivity index (χ2v) is 10.5. The predicted octanol–water partition coefficient (Wildman–Crippen LogP) is 2.62. The number of H-pyrrole nitrogens is 1. The first-order chi connectivity index (χ1) is 11.3. The van der Waals surface area contributed by atoms with Crippen LogP contribution in [0.25, 0.3) is 10.9 Å². The number of benzene rings is 1. The molecular weight excluding hydrogens is 392 g/mol. The van der Waals surface area contributed by atoms with E-state index in [9.17, 15) is 8.42 Å². The average molecular weight is 413 g/mol. The molecule has 0 unspecified atom stereocenters. The van der Waals surface area contributed by atoms with Crippen LogP contribution >= 0.6 is 15.9 Å². The Balaban J connectivity index is 1.70. The molecule has 0 radical (unpaired) electrons. The Morgan fingerprint density at radius 2 is 2.25 bits per heavy atom. The minimum atomic E-state index is -3.44. The van der Waals surface area contributed by atoms with Crippen molar-refractivity contribution in [1.29, 1.82) is 0 Å². The zero-order valence-corrected chi connectivity index (χ0v) is 16.2. The van der Waals surface area contributed by atoms with E-state index in [1.807, 2.05) is 0 Å². The number of rotatable bonds is 3. The van der Waals surface area contributed by atoms with Crippen molar-refractivity contribution in [3.05, 3.63) is 35.5 Å². The molecule has 7 heteroatoms. The highest BCUT2D eigenvalue weighted by Gasteiger charge is 2.45. The third-order valence-electron chi connectivity index (χ3n) is 5.33. The van der Waals surface area contributed by atoms with Crippen LogP contribution in [-0.4, -0.2) is 55.1 Å². The van der Waals surface area contributed by atoms with E-state index >= 15 is 0 Å². The highest BCUT2D eigenvalue weighted by Crippen LogP contribution is 2.47. The Morgan fingerprint density at radius 3 is 3.00 bits per heavy atom. The van der Waals surface area contributed by atoms with Crippen molar-refractivity contribution in [1.82, 2.24) is 9.88 Å². The zero-order chi connectivity index (χ0) is 17.1. The first-order valence-corrected chi connectivity index (χ1v) is 10.7. The van der Waals surface area contributed by atoms with Crippen molar-refractivity contribution in [3.63, 3.8) is 0 Å². The molecular formula is C17H21BrN2O3S. The summed E-state index contributed by atoms with van der Waals surface area (Å²) in [5.74, 6) is 0.360. The summed E-state index contributed by atoms with van der Waals surface area (Å²) in [6.07, 6.45) is 5.11. The Morgan fingerprint density at radius 1 is 1.46 bits per heavy atom. The number of aromatic nitrogens is 1. The molecule has 24 heavy (non-hydrogen) atoms. The van der Waals surface area contributed by atoms with E-state index in [-0.39, 0.29) is 10.9 Å². The molecule has 1 saturated heterocycles. The van der Waals surface area contributed by atoms with E-state index in [0.717, 1.165) is 25.6 Å². The highest BCUT2D eigenvalue weighted by molar-refractivity contribution is 9.10. The summed E-state index contributed by atoms with van der Waals surface area (Å²) >= 11 is 3.79. The van der Waals surface area contributed by atoms with E-state index in [1.165, 1.54) is 22.0 Å². The standard InChI is InChI=1S/C17H21BrN2O3S/c1-20-9-17(18,10-23-24(2,21)22)7-13-12-4-3-5-14-16(12)11(8-19-14)6-15(13)20/h3-5,8,13,15,19H,6-7,9-10H2,1-2H3/t13-,15-,17+/m1/s1. The molecule has 1 aliphatic heterocycles. The number of likely N-dealkylation sites (tertiary alicyclic amines) is 1. The fraction of sp³-hybridized carbons (Fsp3) is 0.529. The summed E-state index contributed by atoms with van der Waals surface area (Å²) in [5.41, 5.74) is 3.92. The molecule has 0 saturated carbocycles. The number of halogens is 1. The van der Waals surface area contributed by atoms with Gasteiger partial charge in [-0.15, -0.1) is 0 Å². The molecule has 3 atom stereocenters. The lowest BCUT2D eigenvalue weighted by Crippen LogP contribution is -2.55. The van der Waals surface area contributed by atoms with Crippen LogP contribution in [0.2, 0.25) is 0 Å². The fourth-order valence-electron chi connectivity index (χ4n) is 4.38. The molecule has 0 bridgehead atoms. The van der Waals surface area contributed by atoms with Crippen LogP contribution in [0.1, 0.15) is 23.5 Å². The van der Waals surface area contributed by atoms with Crippen LogP contribution < -0.4 is 0 Å². The largest absolute Gasteiger partial charge is 0.361 e. The van der Waals surface area contributed by atoms with Crippen LogP contribution in [0.4, 0.5) is 0 Å². The van der Waals surface area contributed by atoms with Gasteiger partial charge in [-0.25, -0.2) is 0 Å². The fourth-order valence-corrected chi connectivity index (χ4v) is 5.83. The number of hydrogen-bond donors (Lipinski definition) is 1. The molecule has 4 rings (SSSR count). The number of nitrogens with one attached hydrogen (secondary N) is 1. The molecule has 1 fully saturated rings. The summed E-state index contributed by atoms with van der Waals surface area (Å²) in [4.78, 5) is 5.71. The quantitative estimate of drug-likeness (QED) is 0.621. The minimum absolute atomic E-state index is 0.162. The van der Waals surface area contributed by atoms with Gasteiger partial charge >= 0.3 is 0 Å². The van der Waals surface area contributed by atoms with Gasteiger partial charge in [0.15, 0.2) is 0 Å². The van der Waals surface area contributed by atoms with Gasteiger partial charge < -0.3 is 9.88 Å². The van der Waals surface area contributed by atoms with Gasteiger partial charge in [0.2, 0.25) is 0 Å². The molecule has 2 aromatic rings. The number of hydrogen-bond acceptors (Lipinski definition) is 4. The summed E-state index contributed by atoms with van der Waals surface area (Å²) in [6.45, 7) is 0.925. The third kappa shape index (κ3) is 2.81. The monoisotopic (exact) mass is 412 g/mol. The Bertz CT molecular complexity index is 894. The maximum atomic E-state index is 11.4. The van der Waals surface area contributed by atoms with Gasteiger partial charge in [0.1, 0.15) is 0 Å². The van der Waals surface area contributed by atoms with Crippen LogP contribution in [0.3, 0.4) is 0 Å². The van der Waals surface area contributed by atoms with Gasteiger partial charge in [0.25, 0.3) is 10.1 Å². The second kappa shape index (κ2) is 5.56. The van der Waals surface area contributed by atoms with Gasteiger partial charge in [0, 0.05) is 35.6 Å². The zero-order valence-electron chi connectivity index (χ0n) is 13.8. The van der Waals surface area contributed by atoms with E-state index < -0.39 is 10.1 Å². The lowest BCUT2D eigenvalue weighted by Gasteiger charge is -2.49. The van der Waals surface area contributed by atoms with Gasteiger partial charge in [-0.05, 0) is 37.1 Å². The normalized spacial score (nSPS) is 30.5. The number of alkyl halides is 1. The maximum Gasteiger partial charge on any atom is 0.264 e. The minimum Gasteiger partial charge on any atom is -0.361 e. The van der Waals surface area contributed by atoms with Crippen LogP contribution in [0, 0.1) is 0 Å². The van der Waals surface area contributed by atoms with Crippen LogP contribution in [-0.2, 0) is 20.7 Å². The molecule has 1 aromatic heterocycles. The summed E-state index contributed by atoms with van der Waals surface area (Å²) in [5, 5.41) is 1.34. The predicted molar refractivity (Wildman–Crippen MR) is 98.2 cm³/mol. The van der Waals surface area contributed by atoms with Gasteiger partial charge in [0.05, 0.1) is 17.2 Å². The number of aromatic amines is 1. The molecule has 130 valence electrons. The number of piperidine rings is 1. The van der Waals surface area contributed by atoms with Gasteiger partial charge in [-0.2, -0.15) is 8.42 Å². The van der Waals surface area contributed by atoms with Crippen LogP contribution in [0.5, 0.6) is 0 Å². The highest BCUT2D eigenvalue weighted by atomic mass is 79.9. The van der Waals surface area contributed by atoms with Crippen molar-refractivity contribution in [3.8, 4) is 0 Å². The summed E-state index contributed by atoms with van der Waals surface area (Å²) < 4.78 is 27.6. The number of likely N-dealkylation sites (N-methyl/N-ethyl adjacent to an activating group) is 1. The summed E-state index contributed by atoms with van der Waals surface area (Å²) in [7, 11) is -1.33. The third-order valence-corrected chi connectivity index (χ3v) is 6.68. The lowest BCUT2D eigenvalue weighted by atomic mass is 9.72. The summed E-state index contributed by atoms with van der Waals surface area (Å²) in [6, 6.07) is 6.85. The molecule has 1 aliphatic carbocycles. The molecule has 2 heterocycles. The Kier molecular flexibility index (Phi) is 3.84. The lowest BCUT2D eigenvalue weighted by molar-refractivity contribution is 0.106. The van der Waals surface area contributed by atoms with E-state index in [2.05, 4.69) is 57.3 Å². The molecule has 0 spiro atoms. The Hall–Kier alpha value is -0.890. The molecule has 1 aromatic carbocycles. The second-order valence-electron chi connectivity index (χ2n) is 7.20. The van der Waals surface area contributed by atoms with Gasteiger partial charge in [-0.1, -0.05) is 28.1 Å². The average Bonchev–Trinajstić information content (AvgIpc) is 2.91. The first-order valence-electron chi connectivity index (χ1n) is 8.08. The van der Waals surface area contributed by atoms with Crippen molar-refractivity contribution >= 4 is 37.0 Å². The first kappa shape index (κ1) is 16.6. The van der Waals surface area contributed by atoms with E-state index in [1.54, 1.807) is 0 Å². The van der Waals surface area contributed by atoms with Crippen molar-refractivity contribution in [2.45, 2.75) is 29.1 Å². The molecule has 2 aliphatic rings. The molecule has 1 N–H and O–H groups in total. The topological polar surface area (TPSA) is 62.4 Å². The van der Waals surface area contributed by atoms with Crippen LogP contribution in [0.15, 0.2) is 24.4 Å². The number of fused-ring (bicyclic) bond motifs is 2. The van der Waals surface area contributed by atoms with E-state index in [4.69, 9.17) is 4.18 Å². The van der Waals surface area contributed by atoms with Crippen molar-refractivity contribution in [2.75, 3.05) is 26.5 Å². The van der Waals surface area contributed by atoms with Gasteiger partial charge in [-0.3, -0.25) is 4.18 Å². The maximum absolute atomic E-state index is 11.4. The Labute approximate surface area is 150 Å². The smallest absolute Gasteiger partial charge is 0.264 e. The number of nitrogens with zero attached hydrogens (tertiary/aromatic N) is 1.